The highest BCUT2D eigenvalue weighted by Crippen LogP contribution is 2.24. The molecule has 5 heteroatoms. The Morgan fingerprint density at radius 2 is 1.70 bits per heavy atom. The van der Waals surface area contributed by atoms with Crippen LogP contribution in [0.25, 0.3) is 0 Å². The van der Waals surface area contributed by atoms with Gasteiger partial charge in [-0.2, -0.15) is 5.10 Å². The second-order valence-electron chi connectivity index (χ2n) is 7.59. The first-order chi connectivity index (χ1) is 12.8. The van der Waals surface area contributed by atoms with Gasteiger partial charge in [0.1, 0.15) is 12.4 Å². The zero-order chi connectivity index (χ0) is 19.4. The van der Waals surface area contributed by atoms with Gasteiger partial charge in [-0.15, -0.1) is 0 Å². The molecule has 0 bridgehead atoms. The Hall–Kier alpha value is -3.08. The first-order valence-electron chi connectivity index (χ1n) is 8.94. The Bertz CT molecular complexity index is 904. The molecule has 0 aliphatic rings. The number of anilines is 1. The van der Waals surface area contributed by atoms with E-state index in [0.717, 1.165) is 11.3 Å². The van der Waals surface area contributed by atoms with Gasteiger partial charge in [-0.25, -0.2) is 0 Å². The molecule has 0 saturated heterocycles. The molecular weight excluding hydrogens is 338 g/mol. The minimum Gasteiger partial charge on any atom is -0.489 e. The molecule has 1 aromatic heterocycles. The molecule has 0 spiro atoms. The highest BCUT2D eigenvalue weighted by molar-refractivity contribution is 6.03. The predicted octanol–water partition coefficient (Wildman–Crippen LogP) is 4.55. The number of benzene rings is 2. The Labute approximate surface area is 160 Å². The molecule has 0 atom stereocenters. The number of aromatic nitrogens is 2. The fourth-order valence-corrected chi connectivity index (χ4v) is 2.64. The highest BCUT2D eigenvalue weighted by atomic mass is 16.5. The number of hydrogen-bond donors (Lipinski definition) is 1. The Balaban J connectivity index is 1.56. The van der Waals surface area contributed by atoms with E-state index in [0.29, 0.717) is 18.0 Å². The molecule has 0 aliphatic heterocycles. The molecule has 140 valence electrons. The zero-order valence-corrected chi connectivity index (χ0v) is 16.2. The molecule has 0 fully saturated rings. The van der Waals surface area contributed by atoms with Crippen LogP contribution in [0.15, 0.2) is 60.8 Å². The van der Waals surface area contributed by atoms with E-state index in [4.69, 9.17) is 4.74 Å². The van der Waals surface area contributed by atoms with Gasteiger partial charge in [0.15, 0.2) is 5.82 Å². The van der Waals surface area contributed by atoms with E-state index in [1.165, 1.54) is 5.56 Å². The minimum absolute atomic E-state index is 0.129. The van der Waals surface area contributed by atoms with Crippen molar-refractivity contribution in [1.82, 2.24) is 9.78 Å². The van der Waals surface area contributed by atoms with E-state index in [1.807, 2.05) is 24.3 Å². The highest BCUT2D eigenvalue weighted by Gasteiger charge is 2.13. The van der Waals surface area contributed by atoms with Gasteiger partial charge in [0.2, 0.25) is 0 Å². The van der Waals surface area contributed by atoms with Crippen molar-refractivity contribution in [2.45, 2.75) is 32.8 Å². The standard InChI is InChI=1S/C22H25N3O2/c1-22(2,3)18-9-11-19(12-10-18)27-15-16-5-7-17(8-6-16)21(26)23-20-13-14-25(4)24-20/h5-14H,15H2,1-4H3,(H,23,24,26). The summed E-state index contributed by atoms with van der Waals surface area (Å²) in [4.78, 5) is 12.2. The molecule has 1 N–H and O–H groups in total. The van der Waals surface area contributed by atoms with E-state index in [-0.39, 0.29) is 11.3 Å². The van der Waals surface area contributed by atoms with Crippen LogP contribution in [0.4, 0.5) is 5.82 Å². The second kappa shape index (κ2) is 7.66. The summed E-state index contributed by atoms with van der Waals surface area (Å²) in [6.07, 6.45) is 1.78. The summed E-state index contributed by atoms with van der Waals surface area (Å²) in [7, 11) is 1.81. The van der Waals surface area contributed by atoms with Gasteiger partial charge >= 0.3 is 0 Å². The van der Waals surface area contributed by atoms with Crippen LogP contribution < -0.4 is 10.1 Å². The number of rotatable bonds is 5. The van der Waals surface area contributed by atoms with Gasteiger partial charge in [-0.3, -0.25) is 9.48 Å². The molecule has 0 unspecified atom stereocenters. The SMILES string of the molecule is Cn1ccc(NC(=O)c2ccc(COc3ccc(C(C)(C)C)cc3)cc2)n1. The van der Waals surface area contributed by atoms with Crippen LogP contribution in [-0.2, 0) is 19.1 Å². The number of carbonyl (C=O) groups is 1. The summed E-state index contributed by atoms with van der Waals surface area (Å²) in [5.41, 5.74) is 2.99. The first-order valence-corrected chi connectivity index (χ1v) is 8.94. The third-order valence-electron chi connectivity index (χ3n) is 4.30. The molecule has 3 rings (SSSR count). The number of nitrogens with zero attached hydrogens (tertiary/aromatic N) is 2. The molecule has 5 nitrogen and oxygen atoms in total. The van der Waals surface area contributed by atoms with Crippen molar-refractivity contribution in [3.63, 3.8) is 0 Å². The topological polar surface area (TPSA) is 56.2 Å². The van der Waals surface area contributed by atoms with Crippen LogP contribution in [0, 0.1) is 0 Å². The lowest BCUT2D eigenvalue weighted by Gasteiger charge is -2.19. The molecule has 0 radical (unpaired) electrons. The van der Waals surface area contributed by atoms with E-state index in [9.17, 15) is 4.79 Å². The van der Waals surface area contributed by atoms with E-state index in [2.05, 4.69) is 43.3 Å². The van der Waals surface area contributed by atoms with Crippen LogP contribution in [0.2, 0.25) is 0 Å². The number of carbonyl (C=O) groups excluding carboxylic acids is 1. The third-order valence-corrected chi connectivity index (χ3v) is 4.30. The fourth-order valence-electron chi connectivity index (χ4n) is 2.64. The summed E-state index contributed by atoms with van der Waals surface area (Å²) in [5.74, 6) is 1.19. The van der Waals surface area contributed by atoms with Gasteiger partial charge < -0.3 is 10.1 Å². The number of ether oxygens (including phenoxy) is 1. The van der Waals surface area contributed by atoms with Crippen LogP contribution in [-0.4, -0.2) is 15.7 Å². The maximum absolute atomic E-state index is 12.2. The summed E-state index contributed by atoms with van der Waals surface area (Å²) in [5, 5.41) is 6.91. The molecule has 3 aromatic rings. The Kier molecular flexibility index (Phi) is 5.31. The number of aryl methyl sites for hydroxylation is 1. The van der Waals surface area contributed by atoms with Gasteiger partial charge in [-0.1, -0.05) is 45.0 Å². The van der Waals surface area contributed by atoms with Crippen molar-refractivity contribution in [3.8, 4) is 5.75 Å². The summed E-state index contributed by atoms with van der Waals surface area (Å²) >= 11 is 0. The molecule has 0 aliphatic carbocycles. The van der Waals surface area contributed by atoms with E-state index >= 15 is 0 Å². The van der Waals surface area contributed by atoms with Crippen molar-refractivity contribution in [1.29, 1.82) is 0 Å². The average molecular weight is 363 g/mol. The van der Waals surface area contributed by atoms with Crippen molar-refractivity contribution < 1.29 is 9.53 Å². The van der Waals surface area contributed by atoms with Gasteiger partial charge in [0.05, 0.1) is 0 Å². The van der Waals surface area contributed by atoms with Crippen LogP contribution in [0.3, 0.4) is 0 Å². The Morgan fingerprint density at radius 3 is 2.26 bits per heavy atom. The second-order valence-corrected chi connectivity index (χ2v) is 7.59. The van der Waals surface area contributed by atoms with Crippen molar-refractivity contribution >= 4 is 11.7 Å². The van der Waals surface area contributed by atoms with Crippen LogP contribution in [0.1, 0.15) is 42.3 Å². The maximum Gasteiger partial charge on any atom is 0.256 e. The molecule has 27 heavy (non-hydrogen) atoms. The minimum atomic E-state index is -0.182. The molecular formula is C22H25N3O2. The van der Waals surface area contributed by atoms with E-state index in [1.54, 1.807) is 36.1 Å². The number of hydrogen-bond acceptors (Lipinski definition) is 3. The smallest absolute Gasteiger partial charge is 0.256 e. The van der Waals surface area contributed by atoms with Crippen molar-refractivity contribution in [2.75, 3.05) is 5.32 Å². The largest absolute Gasteiger partial charge is 0.489 e. The zero-order valence-electron chi connectivity index (χ0n) is 16.2. The average Bonchev–Trinajstić information content (AvgIpc) is 3.04. The molecule has 1 amide bonds. The number of nitrogens with one attached hydrogen (secondary N) is 1. The normalized spacial score (nSPS) is 11.3. The monoisotopic (exact) mass is 363 g/mol. The number of amides is 1. The lowest BCUT2D eigenvalue weighted by atomic mass is 9.87. The van der Waals surface area contributed by atoms with Crippen LogP contribution in [0.5, 0.6) is 5.75 Å². The lowest BCUT2D eigenvalue weighted by Crippen LogP contribution is -2.12. The van der Waals surface area contributed by atoms with Gasteiger partial charge in [-0.05, 0) is 40.8 Å². The van der Waals surface area contributed by atoms with E-state index < -0.39 is 0 Å². The fraction of sp³-hybridized carbons (Fsp3) is 0.273. The van der Waals surface area contributed by atoms with Crippen molar-refractivity contribution in [3.05, 3.63) is 77.5 Å². The molecule has 1 heterocycles. The molecule has 0 saturated carbocycles. The summed E-state index contributed by atoms with van der Waals surface area (Å²) in [6, 6.07) is 17.3. The van der Waals surface area contributed by atoms with Crippen molar-refractivity contribution in [2.24, 2.45) is 7.05 Å². The summed E-state index contributed by atoms with van der Waals surface area (Å²) in [6.45, 7) is 7.02. The molecule has 2 aromatic carbocycles. The van der Waals surface area contributed by atoms with Gasteiger partial charge in [0.25, 0.3) is 5.91 Å². The quantitative estimate of drug-likeness (QED) is 0.723. The maximum atomic E-state index is 12.2. The first kappa shape index (κ1) is 18.7. The van der Waals surface area contributed by atoms with Crippen LogP contribution >= 0.6 is 0 Å². The summed E-state index contributed by atoms with van der Waals surface area (Å²) < 4.78 is 7.49. The Morgan fingerprint density at radius 1 is 1.04 bits per heavy atom. The predicted molar refractivity (Wildman–Crippen MR) is 107 cm³/mol. The van der Waals surface area contributed by atoms with Gasteiger partial charge in [0, 0.05) is 24.9 Å². The lowest BCUT2D eigenvalue weighted by molar-refractivity contribution is 0.102. The third kappa shape index (κ3) is 4.97.